The SMILES string of the molecule is COCc1nc(N)cc(Sc2n[nH]c(=O)n2C2CC2)n1. The van der Waals surface area contributed by atoms with Crippen molar-refractivity contribution in [2.24, 2.45) is 0 Å². The van der Waals surface area contributed by atoms with E-state index in [2.05, 4.69) is 20.2 Å². The zero-order valence-electron chi connectivity index (χ0n) is 10.9. The molecule has 0 aromatic carbocycles. The van der Waals surface area contributed by atoms with Gasteiger partial charge in [-0.15, -0.1) is 5.10 Å². The summed E-state index contributed by atoms with van der Waals surface area (Å²) in [6.45, 7) is 0.286. The number of hydrogen-bond acceptors (Lipinski definition) is 7. The molecule has 2 aromatic heterocycles. The maximum atomic E-state index is 11.7. The number of aromatic nitrogens is 5. The van der Waals surface area contributed by atoms with Gasteiger partial charge in [0.25, 0.3) is 0 Å². The van der Waals surface area contributed by atoms with Gasteiger partial charge in [0, 0.05) is 19.2 Å². The van der Waals surface area contributed by atoms with E-state index in [-0.39, 0.29) is 18.3 Å². The van der Waals surface area contributed by atoms with E-state index in [0.29, 0.717) is 21.8 Å². The highest BCUT2D eigenvalue weighted by Crippen LogP contribution is 2.37. The minimum absolute atomic E-state index is 0.186. The van der Waals surface area contributed by atoms with Crippen LogP contribution in [0.15, 0.2) is 21.0 Å². The van der Waals surface area contributed by atoms with Gasteiger partial charge in [-0.25, -0.2) is 19.9 Å². The molecule has 0 saturated heterocycles. The van der Waals surface area contributed by atoms with Crippen molar-refractivity contribution in [3.05, 3.63) is 22.4 Å². The Morgan fingerprint density at radius 1 is 1.55 bits per heavy atom. The topological polar surface area (TPSA) is 112 Å². The molecule has 1 aliphatic carbocycles. The maximum absolute atomic E-state index is 11.7. The molecule has 1 aliphatic rings. The summed E-state index contributed by atoms with van der Waals surface area (Å²) in [4.78, 5) is 20.1. The summed E-state index contributed by atoms with van der Waals surface area (Å²) in [5.74, 6) is 0.872. The molecule has 3 rings (SSSR count). The van der Waals surface area contributed by atoms with E-state index in [0.717, 1.165) is 12.8 Å². The van der Waals surface area contributed by atoms with Crippen LogP contribution in [0.5, 0.6) is 0 Å². The van der Waals surface area contributed by atoms with Crippen LogP contribution in [0.25, 0.3) is 0 Å². The first-order valence-electron chi connectivity index (χ1n) is 6.14. The smallest absolute Gasteiger partial charge is 0.344 e. The number of nitrogens with zero attached hydrogens (tertiary/aromatic N) is 4. The summed E-state index contributed by atoms with van der Waals surface area (Å²) >= 11 is 1.29. The molecule has 3 N–H and O–H groups in total. The molecule has 20 heavy (non-hydrogen) atoms. The zero-order chi connectivity index (χ0) is 14.1. The van der Waals surface area contributed by atoms with Gasteiger partial charge in [0.1, 0.15) is 17.5 Å². The highest BCUT2D eigenvalue weighted by molar-refractivity contribution is 7.99. The van der Waals surface area contributed by atoms with Gasteiger partial charge in [0.05, 0.1) is 0 Å². The molecule has 2 aromatic rings. The lowest BCUT2D eigenvalue weighted by molar-refractivity contribution is 0.177. The van der Waals surface area contributed by atoms with Crippen molar-refractivity contribution >= 4 is 17.6 Å². The monoisotopic (exact) mass is 294 g/mol. The van der Waals surface area contributed by atoms with E-state index in [1.165, 1.54) is 11.8 Å². The van der Waals surface area contributed by atoms with E-state index >= 15 is 0 Å². The predicted octanol–water partition coefficient (Wildman–Crippen LogP) is 0.576. The average molecular weight is 294 g/mol. The van der Waals surface area contributed by atoms with Crippen LogP contribution in [0.4, 0.5) is 5.82 Å². The quantitative estimate of drug-likeness (QED) is 0.775. The number of H-pyrrole nitrogens is 1. The van der Waals surface area contributed by atoms with Crippen molar-refractivity contribution in [2.45, 2.75) is 35.7 Å². The fourth-order valence-electron chi connectivity index (χ4n) is 1.85. The van der Waals surface area contributed by atoms with Crippen LogP contribution < -0.4 is 11.4 Å². The van der Waals surface area contributed by atoms with Crippen LogP contribution >= 0.6 is 11.8 Å². The fraction of sp³-hybridized carbons (Fsp3) is 0.455. The van der Waals surface area contributed by atoms with E-state index < -0.39 is 0 Å². The molecule has 8 nitrogen and oxygen atoms in total. The van der Waals surface area contributed by atoms with Crippen LogP contribution in [0, 0.1) is 0 Å². The molecule has 0 unspecified atom stereocenters. The molecule has 0 aliphatic heterocycles. The fourth-order valence-corrected chi connectivity index (χ4v) is 2.79. The lowest BCUT2D eigenvalue weighted by Crippen LogP contribution is -2.16. The molecule has 0 atom stereocenters. The minimum Gasteiger partial charge on any atom is -0.384 e. The number of ether oxygens (including phenoxy) is 1. The van der Waals surface area contributed by atoms with Crippen molar-refractivity contribution in [2.75, 3.05) is 12.8 Å². The normalized spacial score (nSPS) is 14.7. The lowest BCUT2D eigenvalue weighted by atomic mass is 10.5. The van der Waals surface area contributed by atoms with E-state index in [9.17, 15) is 4.79 Å². The number of anilines is 1. The van der Waals surface area contributed by atoms with E-state index in [1.54, 1.807) is 17.7 Å². The molecular weight excluding hydrogens is 280 g/mol. The number of nitrogens with two attached hydrogens (primary N) is 1. The average Bonchev–Trinajstić information content (AvgIpc) is 3.15. The van der Waals surface area contributed by atoms with Crippen LogP contribution in [0.1, 0.15) is 24.7 Å². The molecule has 0 amide bonds. The molecular formula is C11H14N6O2S. The number of nitrogen functional groups attached to an aromatic ring is 1. The van der Waals surface area contributed by atoms with Gasteiger partial charge >= 0.3 is 5.69 Å². The second kappa shape index (κ2) is 5.25. The van der Waals surface area contributed by atoms with Crippen molar-refractivity contribution in [3.63, 3.8) is 0 Å². The van der Waals surface area contributed by atoms with Gasteiger partial charge in [-0.1, -0.05) is 0 Å². The number of aromatic amines is 1. The number of hydrogen-bond donors (Lipinski definition) is 2. The van der Waals surface area contributed by atoms with Gasteiger partial charge in [-0.2, -0.15) is 0 Å². The lowest BCUT2D eigenvalue weighted by Gasteiger charge is -2.05. The van der Waals surface area contributed by atoms with Gasteiger partial charge in [-0.05, 0) is 24.6 Å². The van der Waals surface area contributed by atoms with Crippen LogP contribution in [-0.2, 0) is 11.3 Å². The van der Waals surface area contributed by atoms with Crippen molar-refractivity contribution in [1.82, 2.24) is 24.7 Å². The Kier molecular flexibility index (Phi) is 3.45. The summed E-state index contributed by atoms with van der Waals surface area (Å²) in [5, 5.41) is 7.74. The van der Waals surface area contributed by atoms with Gasteiger partial charge in [-0.3, -0.25) is 4.57 Å². The predicted molar refractivity (Wildman–Crippen MR) is 72.4 cm³/mol. The third-order valence-electron chi connectivity index (χ3n) is 2.82. The summed E-state index contributed by atoms with van der Waals surface area (Å²) in [6, 6.07) is 1.90. The van der Waals surface area contributed by atoms with Crippen molar-refractivity contribution < 1.29 is 4.74 Å². The Bertz CT molecular complexity index is 678. The summed E-state index contributed by atoms with van der Waals surface area (Å²) in [7, 11) is 1.57. The highest BCUT2D eigenvalue weighted by Gasteiger charge is 2.29. The largest absolute Gasteiger partial charge is 0.384 e. The molecule has 0 bridgehead atoms. The summed E-state index contributed by atoms with van der Waals surface area (Å²) < 4.78 is 6.66. The molecule has 9 heteroatoms. The highest BCUT2D eigenvalue weighted by atomic mass is 32.2. The third kappa shape index (κ3) is 2.68. The van der Waals surface area contributed by atoms with E-state index in [1.807, 2.05) is 0 Å². The van der Waals surface area contributed by atoms with Gasteiger partial charge < -0.3 is 10.5 Å². The maximum Gasteiger partial charge on any atom is 0.344 e. The standard InChI is InChI=1S/C11H14N6O2S/c1-19-5-8-13-7(12)4-9(14-8)20-11-16-15-10(18)17(11)6-2-3-6/h4,6H,2-3,5H2,1H3,(H,15,18)(H2,12,13,14). The molecule has 0 spiro atoms. The van der Waals surface area contributed by atoms with E-state index in [4.69, 9.17) is 10.5 Å². The molecule has 1 fully saturated rings. The molecule has 106 valence electrons. The molecule has 1 saturated carbocycles. The van der Waals surface area contributed by atoms with Crippen molar-refractivity contribution in [3.8, 4) is 0 Å². The first-order valence-corrected chi connectivity index (χ1v) is 6.96. The Morgan fingerprint density at radius 3 is 3.05 bits per heavy atom. The number of rotatable bonds is 5. The zero-order valence-corrected chi connectivity index (χ0v) is 11.7. The van der Waals surface area contributed by atoms with Crippen molar-refractivity contribution in [1.29, 1.82) is 0 Å². The first-order chi connectivity index (χ1) is 9.67. The van der Waals surface area contributed by atoms with Gasteiger partial charge in [0.15, 0.2) is 11.0 Å². The Balaban J connectivity index is 1.89. The Labute approximate surface area is 118 Å². The van der Waals surface area contributed by atoms with Crippen LogP contribution in [0.2, 0.25) is 0 Å². The Morgan fingerprint density at radius 2 is 2.35 bits per heavy atom. The molecule has 2 heterocycles. The second-order valence-electron chi connectivity index (χ2n) is 4.49. The summed E-state index contributed by atoms with van der Waals surface area (Å²) in [6.07, 6.45) is 2.02. The van der Waals surface area contributed by atoms with Gasteiger partial charge in [0.2, 0.25) is 0 Å². The summed E-state index contributed by atoms with van der Waals surface area (Å²) in [5.41, 5.74) is 5.56. The first kappa shape index (κ1) is 13.1. The Hall–Kier alpha value is -1.87. The third-order valence-corrected chi connectivity index (χ3v) is 3.71. The number of nitrogens with one attached hydrogen (secondary N) is 1. The minimum atomic E-state index is -0.186. The number of methoxy groups -OCH3 is 1. The van der Waals surface area contributed by atoms with Crippen LogP contribution in [-0.4, -0.2) is 31.8 Å². The molecule has 0 radical (unpaired) electrons. The van der Waals surface area contributed by atoms with Crippen LogP contribution in [0.3, 0.4) is 0 Å². The second-order valence-corrected chi connectivity index (χ2v) is 5.48.